The molecule has 1 aliphatic rings. The lowest BCUT2D eigenvalue weighted by molar-refractivity contribution is 0.0696. The van der Waals surface area contributed by atoms with Gasteiger partial charge in [-0.25, -0.2) is 17.9 Å². The van der Waals surface area contributed by atoms with E-state index in [0.29, 0.717) is 6.54 Å². The zero-order valence-electron chi connectivity index (χ0n) is 12.7. The molecule has 1 atom stereocenters. The highest BCUT2D eigenvalue weighted by molar-refractivity contribution is 7.89. The van der Waals surface area contributed by atoms with Gasteiger partial charge in [0.15, 0.2) is 0 Å². The van der Waals surface area contributed by atoms with Crippen molar-refractivity contribution < 1.29 is 18.3 Å². The number of carbonyl (C=O) groups is 1. The van der Waals surface area contributed by atoms with Crippen LogP contribution in [0.4, 0.5) is 0 Å². The van der Waals surface area contributed by atoms with Crippen LogP contribution in [0, 0.1) is 0 Å². The van der Waals surface area contributed by atoms with Crippen LogP contribution in [-0.2, 0) is 10.0 Å². The van der Waals surface area contributed by atoms with E-state index in [1.807, 2.05) is 6.92 Å². The largest absolute Gasteiger partial charge is 0.478 e. The van der Waals surface area contributed by atoms with Gasteiger partial charge in [-0.3, -0.25) is 4.90 Å². The quantitative estimate of drug-likeness (QED) is 0.793. The topological polar surface area (TPSA) is 86.7 Å². The highest BCUT2D eigenvalue weighted by Crippen LogP contribution is 2.15. The molecule has 0 aliphatic carbocycles. The van der Waals surface area contributed by atoms with Crippen molar-refractivity contribution >= 4 is 16.0 Å². The van der Waals surface area contributed by atoms with E-state index in [0.717, 1.165) is 32.4 Å². The third kappa shape index (κ3) is 4.06. The summed E-state index contributed by atoms with van der Waals surface area (Å²) in [4.78, 5) is 13.2. The molecule has 1 fully saturated rings. The molecule has 2 N–H and O–H groups in total. The monoisotopic (exact) mass is 326 g/mol. The minimum Gasteiger partial charge on any atom is -0.478 e. The number of benzene rings is 1. The fourth-order valence-electron chi connectivity index (χ4n) is 2.72. The van der Waals surface area contributed by atoms with Crippen molar-refractivity contribution in [3.63, 3.8) is 0 Å². The molecule has 2 rings (SSSR count). The predicted octanol–water partition coefficient (Wildman–Crippen LogP) is 1.54. The molecule has 1 heterocycles. The highest BCUT2D eigenvalue weighted by atomic mass is 32.2. The van der Waals surface area contributed by atoms with Crippen LogP contribution in [0.1, 0.15) is 36.5 Å². The van der Waals surface area contributed by atoms with E-state index in [1.165, 1.54) is 24.3 Å². The molecule has 122 valence electrons. The van der Waals surface area contributed by atoms with E-state index in [2.05, 4.69) is 9.62 Å². The number of rotatable bonds is 7. The molecule has 6 nitrogen and oxygen atoms in total. The number of carboxylic acid groups (broad SMARTS) is 1. The molecule has 1 aliphatic heterocycles. The zero-order chi connectivity index (χ0) is 16.2. The van der Waals surface area contributed by atoms with E-state index < -0.39 is 16.0 Å². The maximum atomic E-state index is 12.3. The summed E-state index contributed by atoms with van der Waals surface area (Å²) in [7, 11) is -3.69. The molecule has 7 heteroatoms. The van der Waals surface area contributed by atoms with Crippen LogP contribution in [0.15, 0.2) is 29.2 Å². The standard InChI is InChI=1S/C15H22N2O4S/c1-2-13(17-8-3-4-9-17)11-16-22(20,21)14-7-5-6-12(10-14)15(18)19/h5-7,10,13,16H,2-4,8-9,11H2,1H3,(H,18,19)/t13-/m0/s1. The summed E-state index contributed by atoms with van der Waals surface area (Å²) in [6.07, 6.45) is 3.19. The van der Waals surface area contributed by atoms with Gasteiger partial charge in [0.2, 0.25) is 10.0 Å². The lowest BCUT2D eigenvalue weighted by Gasteiger charge is -2.26. The Morgan fingerprint density at radius 2 is 2.05 bits per heavy atom. The van der Waals surface area contributed by atoms with Crippen LogP contribution >= 0.6 is 0 Å². The Kier molecular flexibility index (Phi) is 5.55. The lowest BCUT2D eigenvalue weighted by atomic mass is 10.2. The summed E-state index contributed by atoms with van der Waals surface area (Å²) in [6, 6.07) is 5.59. The minimum absolute atomic E-state index is 0.0105. The average Bonchev–Trinajstić information content (AvgIpc) is 3.02. The number of nitrogens with zero attached hydrogens (tertiary/aromatic N) is 1. The fraction of sp³-hybridized carbons (Fsp3) is 0.533. The van der Waals surface area contributed by atoms with Gasteiger partial charge in [0.05, 0.1) is 10.5 Å². The second-order valence-corrected chi connectivity index (χ2v) is 7.26. The Labute approximate surface area is 131 Å². The first-order valence-electron chi connectivity index (χ1n) is 7.51. The summed E-state index contributed by atoms with van der Waals surface area (Å²) in [6.45, 7) is 4.40. The Morgan fingerprint density at radius 1 is 1.36 bits per heavy atom. The molecule has 1 aromatic rings. The van der Waals surface area contributed by atoms with Gasteiger partial charge in [-0.05, 0) is 50.6 Å². The molecule has 0 saturated carbocycles. The Hall–Kier alpha value is -1.44. The van der Waals surface area contributed by atoms with Crippen molar-refractivity contribution in [1.82, 2.24) is 9.62 Å². The zero-order valence-corrected chi connectivity index (χ0v) is 13.5. The third-order valence-electron chi connectivity index (χ3n) is 4.03. The first kappa shape index (κ1) is 16.9. The van der Waals surface area contributed by atoms with Crippen molar-refractivity contribution in [1.29, 1.82) is 0 Å². The summed E-state index contributed by atoms with van der Waals surface area (Å²) in [5.41, 5.74) is -0.0329. The summed E-state index contributed by atoms with van der Waals surface area (Å²) < 4.78 is 27.2. The molecular weight excluding hydrogens is 304 g/mol. The Morgan fingerprint density at radius 3 is 2.64 bits per heavy atom. The third-order valence-corrected chi connectivity index (χ3v) is 5.45. The van der Waals surface area contributed by atoms with Crippen molar-refractivity contribution in [3.05, 3.63) is 29.8 Å². The smallest absolute Gasteiger partial charge is 0.335 e. The number of hydrogen-bond donors (Lipinski definition) is 2. The van der Waals surface area contributed by atoms with Gasteiger partial charge in [0, 0.05) is 12.6 Å². The number of nitrogens with one attached hydrogen (secondary N) is 1. The molecule has 0 aromatic heterocycles. The van der Waals surface area contributed by atoms with Crippen LogP contribution in [0.25, 0.3) is 0 Å². The first-order chi connectivity index (χ1) is 10.4. The summed E-state index contributed by atoms with van der Waals surface area (Å²) >= 11 is 0. The van der Waals surface area contributed by atoms with Crippen LogP contribution in [-0.4, -0.2) is 50.1 Å². The second-order valence-electron chi connectivity index (χ2n) is 5.49. The molecule has 0 amide bonds. The fourth-order valence-corrected chi connectivity index (χ4v) is 3.84. The van der Waals surface area contributed by atoms with Gasteiger partial charge in [0.25, 0.3) is 0 Å². The Bertz CT molecular complexity index is 624. The number of carboxylic acids is 1. The van der Waals surface area contributed by atoms with Crippen molar-refractivity contribution in [2.75, 3.05) is 19.6 Å². The van der Waals surface area contributed by atoms with Crippen LogP contribution < -0.4 is 4.72 Å². The normalized spacial score (nSPS) is 17.5. The highest BCUT2D eigenvalue weighted by Gasteiger charge is 2.23. The second kappa shape index (κ2) is 7.21. The summed E-state index contributed by atoms with van der Waals surface area (Å²) in [5, 5.41) is 8.95. The van der Waals surface area contributed by atoms with E-state index in [-0.39, 0.29) is 16.5 Å². The lowest BCUT2D eigenvalue weighted by Crippen LogP contribution is -2.42. The number of likely N-dealkylation sites (tertiary alicyclic amines) is 1. The van der Waals surface area contributed by atoms with Crippen LogP contribution in [0.3, 0.4) is 0 Å². The maximum absolute atomic E-state index is 12.3. The van der Waals surface area contributed by atoms with Gasteiger partial charge in [-0.2, -0.15) is 0 Å². The van der Waals surface area contributed by atoms with Gasteiger partial charge in [-0.15, -0.1) is 0 Å². The van der Waals surface area contributed by atoms with Crippen molar-refractivity contribution in [2.45, 2.75) is 37.1 Å². The van der Waals surface area contributed by atoms with Crippen molar-refractivity contribution in [3.8, 4) is 0 Å². The maximum Gasteiger partial charge on any atom is 0.335 e. The number of hydrogen-bond acceptors (Lipinski definition) is 4. The number of aromatic carboxylic acids is 1. The van der Waals surface area contributed by atoms with Crippen LogP contribution in [0.2, 0.25) is 0 Å². The van der Waals surface area contributed by atoms with Crippen LogP contribution in [0.5, 0.6) is 0 Å². The molecule has 0 radical (unpaired) electrons. The van der Waals surface area contributed by atoms with Gasteiger partial charge >= 0.3 is 5.97 Å². The molecule has 1 saturated heterocycles. The van der Waals surface area contributed by atoms with Crippen molar-refractivity contribution in [2.24, 2.45) is 0 Å². The van der Waals surface area contributed by atoms with E-state index >= 15 is 0 Å². The molecular formula is C15H22N2O4S. The van der Waals surface area contributed by atoms with Gasteiger partial charge < -0.3 is 5.11 Å². The summed E-state index contributed by atoms with van der Waals surface area (Å²) in [5.74, 6) is -1.14. The minimum atomic E-state index is -3.69. The molecule has 0 spiro atoms. The van der Waals surface area contributed by atoms with E-state index in [1.54, 1.807) is 0 Å². The average molecular weight is 326 g/mol. The Balaban J connectivity index is 2.07. The predicted molar refractivity (Wildman–Crippen MR) is 83.5 cm³/mol. The number of sulfonamides is 1. The van der Waals surface area contributed by atoms with Gasteiger partial charge in [-0.1, -0.05) is 13.0 Å². The molecule has 1 aromatic carbocycles. The molecule has 0 bridgehead atoms. The molecule has 0 unspecified atom stereocenters. The first-order valence-corrected chi connectivity index (χ1v) is 8.99. The SMILES string of the molecule is CC[C@@H](CNS(=O)(=O)c1cccc(C(=O)O)c1)N1CCCC1. The van der Waals surface area contributed by atoms with Gasteiger partial charge in [0.1, 0.15) is 0 Å². The van der Waals surface area contributed by atoms with E-state index in [4.69, 9.17) is 5.11 Å². The molecule has 22 heavy (non-hydrogen) atoms. The van der Waals surface area contributed by atoms with E-state index in [9.17, 15) is 13.2 Å².